The summed E-state index contributed by atoms with van der Waals surface area (Å²) >= 11 is 1.84. The Morgan fingerprint density at radius 3 is 3.11 bits per heavy atom. The number of nitrogens with one attached hydrogen (secondary N) is 1. The first-order valence-corrected chi connectivity index (χ1v) is 8.06. The van der Waals surface area contributed by atoms with E-state index in [9.17, 15) is 0 Å². The van der Waals surface area contributed by atoms with Gasteiger partial charge in [0, 0.05) is 23.7 Å². The minimum atomic E-state index is 0.133. The summed E-state index contributed by atoms with van der Waals surface area (Å²) < 4.78 is 0. The third-order valence-electron chi connectivity index (χ3n) is 4.47. The van der Waals surface area contributed by atoms with Crippen molar-refractivity contribution in [3.05, 3.63) is 16.1 Å². The van der Waals surface area contributed by atoms with Gasteiger partial charge in [-0.2, -0.15) is 0 Å². The molecule has 2 aliphatic rings. The van der Waals surface area contributed by atoms with Crippen LogP contribution in [0.1, 0.15) is 43.3 Å². The van der Waals surface area contributed by atoms with Crippen molar-refractivity contribution < 1.29 is 0 Å². The first kappa shape index (κ1) is 12.6. The van der Waals surface area contributed by atoms with Gasteiger partial charge < -0.3 is 5.32 Å². The number of piperidine rings is 1. The molecule has 0 radical (unpaired) electrons. The first-order chi connectivity index (χ1) is 8.76. The van der Waals surface area contributed by atoms with Gasteiger partial charge in [-0.3, -0.25) is 4.90 Å². The molecule has 2 saturated heterocycles. The van der Waals surface area contributed by atoms with Crippen LogP contribution in [0.15, 0.2) is 5.38 Å². The van der Waals surface area contributed by atoms with Gasteiger partial charge in [0.05, 0.1) is 5.54 Å². The number of fused-ring (bicyclic) bond motifs is 1. The molecule has 2 aliphatic heterocycles. The van der Waals surface area contributed by atoms with Gasteiger partial charge in [0.1, 0.15) is 5.01 Å². The molecule has 0 aromatic carbocycles. The number of hydrogen-bond acceptors (Lipinski definition) is 4. The van der Waals surface area contributed by atoms with Gasteiger partial charge in [-0.15, -0.1) is 11.3 Å². The van der Waals surface area contributed by atoms with E-state index in [0.29, 0.717) is 6.04 Å². The van der Waals surface area contributed by atoms with E-state index in [-0.39, 0.29) is 5.54 Å². The van der Waals surface area contributed by atoms with E-state index in [2.05, 4.69) is 29.4 Å². The summed E-state index contributed by atoms with van der Waals surface area (Å²) in [6, 6.07) is 0.664. The second-order valence-corrected chi connectivity index (χ2v) is 6.45. The van der Waals surface area contributed by atoms with E-state index in [1.165, 1.54) is 49.5 Å². The van der Waals surface area contributed by atoms with Crippen LogP contribution in [0, 0.1) is 6.92 Å². The van der Waals surface area contributed by atoms with Gasteiger partial charge in [-0.05, 0) is 39.3 Å². The molecule has 1 N–H and O–H groups in total. The number of nitrogens with zero attached hydrogens (tertiary/aromatic N) is 2. The average molecular weight is 265 g/mol. The van der Waals surface area contributed by atoms with E-state index in [0.717, 1.165) is 6.54 Å². The SMILES string of the molecule is CCNC1(c2nc(C)cs2)CCN2CCCCC21. The van der Waals surface area contributed by atoms with Crippen LogP contribution in [-0.2, 0) is 5.54 Å². The van der Waals surface area contributed by atoms with Crippen LogP contribution < -0.4 is 5.32 Å². The zero-order valence-corrected chi connectivity index (χ0v) is 12.2. The fraction of sp³-hybridized carbons (Fsp3) is 0.786. The molecular weight excluding hydrogens is 242 g/mol. The monoisotopic (exact) mass is 265 g/mol. The Labute approximate surface area is 114 Å². The fourth-order valence-electron chi connectivity index (χ4n) is 3.71. The minimum absolute atomic E-state index is 0.133. The van der Waals surface area contributed by atoms with Gasteiger partial charge >= 0.3 is 0 Å². The lowest BCUT2D eigenvalue weighted by molar-refractivity contribution is 0.137. The summed E-state index contributed by atoms with van der Waals surface area (Å²) in [5.74, 6) is 0. The predicted octanol–water partition coefficient (Wildman–Crippen LogP) is 2.51. The molecule has 2 unspecified atom stereocenters. The maximum Gasteiger partial charge on any atom is 0.115 e. The Hall–Kier alpha value is -0.450. The van der Waals surface area contributed by atoms with Gasteiger partial charge in [0.15, 0.2) is 0 Å². The second kappa shape index (κ2) is 4.91. The highest BCUT2D eigenvalue weighted by Crippen LogP contribution is 2.43. The Balaban J connectivity index is 1.96. The van der Waals surface area contributed by atoms with E-state index in [1.807, 2.05) is 11.3 Å². The molecule has 2 atom stereocenters. The summed E-state index contributed by atoms with van der Waals surface area (Å²) in [4.78, 5) is 7.49. The quantitative estimate of drug-likeness (QED) is 0.910. The fourth-order valence-corrected chi connectivity index (χ4v) is 4.76. The topological polar surface area (TPSA) is 28.2 Å². The summed E-state index contributed by atoms with van der Waals surface area (Å²) in [7, 11) is 0. The molecule has 0 amide bonds. The van der Waals surface area contributed by atoms with Gasteiger partial charge in [0.2, 0.25) is 0 Å². The molecule has 3 heterocycles. The van der Waals surface area contributed by atoms with Gasteiger partial charge in [-0.25, -0.2) is 4.98 Å². The molecule has 2 fully saturated rings. The third-order valence-corrected chi connectivity index (χ3v) is 5.61. The van der Waals surface area contributed by atoms with E-state index in [4.69, 9.17) is 4.98 Å². The van der Waals surface area contributed by atoms with Crippen LogP contribution in [0.3, 0.4) is 0 Å². The maximum absolute atomic E-state index is 4.80. The van der Waals surface area contributed by atoms with Crippen molar-refractivity contribution in [1.29, 1.82) is 0 Å². The van der Waals surface area contributed by atoms with Crippen LogP contribution in [0.5, 0.6) is 0 Å². The zero-order chi connectivity index (χ0) is 12.6. The summed E-state index contributed by atoms with van der Waals surface area (Å²) in [5, 5.41) is 7.30. The van der Waals surface area contributed by atoms with Gasteiger partial charge in [-0.1, -0.05) is 13.3 Å². The molecule has 3 nitrogen and oxygen atoms in total. The lowest BCUT2D eigenvalue weighted by Gasteiger charge is -2.40. The van der Waals surface area contributed by atoms with E-state index >= 15 is 0 Å². The molecular formula is C14H23N3S. The lowest BCUT2D eigenvalue weighted by atomic mass is 9.85. The predicted molar refractivity (Wildman–Crippen MR) is 76.0 cm³/mol. The molecule has 3 rings (SSSR count). The summed E-state index contributed by atoms with van der Waals surface area (Å²) in [6.45, 7) is 7.86. The van der Waals surface area contributed by atoms with Crippen molar-refractivity contribution in [1.82, 2.24) is 15.2 Å². The molecule has 0 saturated carbocycles. The standard InChI is InChI=1S/C14H23N3S/c1-3-15-14(13-16-11(2)10-18-13)7-9-17-8-5-4-6-12(14)17/h10,12,15H,3-9H2,1-2H3. The Kier molecular flexibility index (Phi) is 3.43. The average Bonchev–Trinajstić information content (AvgIpc) is 2.96. The largest absolute Gasteiger partial charge is 0.304 e. The Bertz CT molecular complexity index is 417. The van der Waals surface area contributed by atoms with Gasteiger partial charge in [0.25, 0.3) is 0 Å². The molecule has 4 heteroatoms. The van der Waals surface area contributed by atoms with Crippen LogP contribution in [0.2, 0.25) is 0 Å². The molecule has 0 aliphatic carbocycles. The van der Waals surface area contributed by atoms with Crippen molar-refractivity contribution in [3.8, 4) is 0 Å². The van der Waals surface area contributed by atoms with Crippen molar-refractivity contribution in [3.63, 3.8) is 0 Å². The van der Waals surface area contributed by atoms with E-state index < -0.39 is 0 Å². The van der Waals surface area contributed by atoms with E-state index in [1.54, 1.807) is 0 Å². The highest BCUT2D eigenvalue weighted by atomic mass is 32.1. The van der Waals surface area contributed by atoms with Crippen LogP contribution in [0.4, 0.5) is 0 Å². The van der Waals surface area contributed by atoms with Crippen molar-refractivity contribution in [2.24, 2.45) is 0 Å². The Morgan fingerprint density at radius 2 is 2.39 bits per heavy atom. The van der Waals surface area contributed by atoms with Crippen LogP contribution in [-0.4, -0.2) is 35.6 Å². The van der Waals surface area contributed by atoms with Crippen LogP contribution in [0.25, 0.3) is 0 Å². The molecule has 1 aromatic rings. The zero-order valence-electron chi connectivity index (χ0n) is 11.4. The second-order valence-electron chi connectivity index (χ2n) is 5.59. The lowest BCUT2D eigenvalue weighted by Crippen LogP contribution is -2.53. The molecule has 0 spiro atoms. The number of rotatable bonds is 3. The van der Waals surface area contributed by atoms with Crippen LogP contribution >= 0.6 is 11.3 Å². The molecule has 1 aromatic heterocycles. The molecule has 100 valence electrons. The third kappa shape index (κ3) is 1.91. The number of likely N-dealkylation sites (N-methyl/N-ethyl adjacent to an activating group) is 1. The van der Waals surface area contributed by atoms with Crippen molar-refractivity contribution >= 4 is 11.3 Å². The number of aromatic nitrogens is 1. The molecule has 18 heavy (non-hydrogen) atoms. The highest BCUT2D eigenvalue weighted by Gasteiger charge is 2.50. The summed E-state index contributed by atoms with van der Waals surface area (Å²) in [6.07, 6.45) is 5.29. The maximum atomic E-state index is 4.80. The smallest absolute Gasteiger partial charge is 0.115 e. The first-order valence-electron chi connectivity index (χ1n) is 7.18. The minimum Gasteiger partial charge on any atom is -0.304 e. The van der Waals surface area contributed by atoms with Crippen molar-refractivity contribution in [2.45, 2.75) is 51.1 Å². The number of hydrogen-bond donors (Lipinski definition) is 1. The highest BCUT2D eigenvalue weighted by molar-refractivity contribution is 7.09. The number of thiazole rings is 1. The normalized spacial score (nSPS) is 32.7. The molecule has 0 bridgehead atoms. The van der Waals surface area contributed by atoms with Crippen molar-refractivity contribution in [2.75, 3.05) is 19.6 Å². The number of aryl methyl sites for hydroxylation is 1. The Morgan fingerprint density at radius 1 is 1.50 bits per heavy atom. The summed E-state index contributed by atoms with van der Waals surface area (Å²) in [5.41, 5.74) is 1.30.